The van der Waals surface area contributed by atoms with Crippen LogP contribution >= 0.6 is 0 Å². The molecule has 1 aromatic heterocycles. The maximum atomic E-state index is 12.4. The quantitative estimate of drug-likeness (QED) is 0.168. The van der Waals surface area contributed by atoms with Crippen LogP contribution in [0.3, 0.4) is 0 Å². The van der Waals surface area contributed by atoms with Crippen molar-refractivity contribution in [2.45, 2.75) is 65.1 Å². The number of H-pyrrole nitrogens is 1. The van der Waals surface area contributed by atoms with Gasteiger partial charge in [-0.15, -0.1) is 0 Å². The largest absolute Gasteiger partial charge is 0.487 e. The number of aromatic carboxylic acids is 1. The molecule has 0 bridgehead atoms. The summed E-state index contributed by atoms with van der Waals surface area (Å²) in [7, 11) is -2.19. The zero-order valence-corrected chi connectivity index (χ0v) is 25.7. The van der Waals surface area contributed by atoms with Crippen molar-refractivity contribution in [2.75, 3.05) is 6.54 Å². The molecule has 8 heteroatoms. The van der Waals surface area contributed by atoms with Crippen LogP contribution in [-0.4, -0.2) is 30.9 Å². The van der Waals surface area contributed by atoms with Crippen molar-refractivity contribution < 1.29 is 19.1 Å². The van der Waals surface area contributed by atoms with Crippen LogP contribution in [0, 0.1) is 6.92 Å². The van der Waals surface area contributed by atoms with E-state index in [2.05, 4.69) is 44.2 Å². The van der Waals surface area contributed by atoms with Crippen molar-refractivity contribution in [3.8, 4) is 5.75 Å². The maximum Gasteiger partial charge on any atom is 0.335 e. The van der Waals surface area contributed by atoms with Crippen LogP contribution in [0.1, 0.15) is 59.5 Å². The first-order chi connectivity index (χ1) is 19.4. The summed E-state index contributed by atoms with van der Waals surface area (Å²) in [4.78, 5) is 26.8. The first-order valence-electron chi connectivity index (χ1n) is 13.9. The van der Waals surface area contributed by atoms with E-state index >= 15 is 0 Å². The summed E-state index contributed by atoms with van der Waals surface area (Å²) < 4.78 is 13.1. The molecule has 0 saturated heterocycles. The zero-order valence-electron chi connectivity index (χ0n) is 24.7. The Bertz CT molecular complexity index is 1570. The van der Waals surface area contributed by atoms with E-state index in [1.165, 1.54) is 6.07 Å². The molecule has 3 N–H and O–H groups in total. The van der Waals surface area contributed by atoms with E-state index in [1.54, 1.807) is 6.07 Å². The number of fused-ring (bicyclic) bond motifs is 1. The van der Waals surface area contributed by atoms with Crippen LogP contribution in [0.4, 0.5) is 0 Å². The fraction of sp³-hybridized carbons (Fsp3) is 0.333. The van der Waals surface area contributed by atoms with Gasteiger partial charge in [-0.3, -0.25) is 4.79 Å². The number of aromatic amines is 1. The average Bonchev–Trinajstić information content (AvgIpc) is 2.91. The number of nitrogens with one attached hydrogen (secondary N) is 2. The highest BCUT2D eigenvalue weighted by Gasteiger charge is 2.39. The highest BCUT2D eigenvalue weighted by atomic mass is 28.4. The minimum absolute atomic E-state index is 0.00211. The SMILES string of the molecule is Cc1cc(CNC[C@H](O[Si](C)(C)C(C)(C)C)c2ccc(OCc3ccccc3)c3[nH]c(=O)ccc23)ccc1C(=O)O. The molecule has 0 spiro atoms. The van der Waals surface area contributed by atoms with Crippen molar-refractivity contribution in [1.29, 1.82) is 0 Å². The summed E-state index contributed by atoms with van der Waals surface area (Å²) >= 11 is 0. The third-order valence-corrected chi connectivity index (χ3v) is 12.4. The number of hydrogen-bond donors (Lipinski definition) is 3. The molecule has 0 aliphatic heterocycles. The lowest BCUT2D eigenvalue weighted by Gasteiger charge is -2.39. The molecule has 0 unspecified atom stereocenters. The molecule has 1 heterocycles. The van der Waals surface area contributed by atoms with E-state index in [1.807, 2.05) is 67.6 Å². The van der Waals surface area contributed by atoms with E-state index in [0.717, 1.165) is 27.6 Å². The first-order valence-corrected chi connectivity index (χ1v) is 16.8. The van der Waals surface area contributed by atoms with Crippen LogP contribution in [0.5, 0.6) is 5.75 Å². The van der Waals surface area contributed by atoms with Crippen molar-refractivity contribution in [3.63, 3.8) is 0 Å². The van der Waals surface area contributed by atoms with Gasteiger partial charge in [0.25, 0.3) is 0 Å². The Morgan fingerprint density at radius 3 is 2.39 bits per heavy atom. The molecule has 0 radical (unpaired) electrons. The van der Waals surface area contributed by atoms with Crippen LogP contribution in [0.15, 0.2) is 77.6 Å². The summed E-state index contributed by atoms with van der Waals surface area (Å²) in [5.74, 6) is -0.315. The van der Waals surface area contributed by atoms with Crippen LogP contribution < -0.4 is 15.6 Å². The van der Waals surface area contributed by atoms with Gasteiger partial charge in [-0.05, 0) is 65.5 Å². The lowest BCUT2D eigenvalue weighted by molar-refractivity contribution is 0.0696. The topological polar surface area (TPSA) is 101 Å². The van der Waals surface area contributed by atoms with Gasteiger partial charge in [0.2, 0.25) is 5.56 Å². The molecule has 41 heavy (non-hydrogen) atoms. The van der Waals surface area contributed by atoms with Crippen LogP contribution in [0.25, 0.3) is 10.9 Å². The van der Waals surface area contributed by atoms with Gasteiger partial charge in [0.15, 0.2) is 8.32 Å². The highest BCUT2D eigenvalue weighted by molar-refractivity contribution is 6.74. The lowest BCUT2D eigenvalue weighted by Crippen LogP contribution is -2.43. The molecule has 0 saturated carbocycles. The minimum atomic E-state index is -2.19. The zero-order chi connectivity index (χ0) is 29.8. The van der Waals surface area contributed by atoms with Crippen LogP contribution in [-0.2, 0) is 17.6 Å². The minimum Gasteiger partial charge on any atom is -0.487 e. The Labute approximate surface area is 242 Å². The molecule has 0 aliphatic carbocycles. The predicted octanol–water partition coefficient (Wildman–Crippen LogP) is 6.97. The van der Waals surface area contributed by atoms with E-state index in [4.69, 9.17) is 9.16 Å². The van der Waals surface area contributed by atoms with E-state index in [-0.39, 0.29) is 16.7 Å². The molecule has 7 nitrogen and oxygen atoms in total. The number of pyridine rings is 1. The number of aryl methyl sites for hydroxylation is 1. The van der Waals surface area contributed by atoms with Crippen molar-refractivity contribution >= 4 is 25.2 Å². The predicted molar refractivity (Wildman–Crippen MR) is 166 cm³/mol. The third kappa shape index (κ3) is 7.33. The standard InChI is InChI=1S/C33H40N2O5Si/c1-22-18-24(12-13-25(22)32(37)38)19-34-20-29(40-41(5,6)33(2,3)4)26-14-16-28(31-27(26)15-17-30(36)35-31)39-21-23-10-8-7-9-11-23/h7-18,29,34H,19-21H2,1-6H3,(H,35,36)(H,37,38)/t29-/m0/s1. The van der Waals surface area contributed by atoms with E-state index in [0.29, 0.717) is 36.5 Å². The number of aromatic nitrogens is 1. The number of carboxylic acids is 1. The Morgan fingerprint density at radius 1 is 1.00 bits per heavy atom. The van der Waals surface area contributed by atoms with Crippen molar-refractivity contribution in [2.24, 2.45) is 0 Å². The fourth-order valence-corrected chi connectivity index (χ4v) is 5.83. The molecule has 4 rings (SSSR count). The van der Waals surface area contributed by atoms with E-state index < -0.39 is 14.3 Å². The second-order valence-corrected chi connectivity index (χ2v) is 16.7. The van der Waals surface area contributed by atoms with Gasteiger partial charge in [0.1, 0.15) is 12.4 Å². The fourth-order valence-electron chi connectivity index (χ4n) is 4.56. The molecular weight excluding hydrogens is 532 g/mol. The normalized spacial score (nSPS) is 12.8. The summed E-state index contributed by atoms with van der Waals surface area (Å²) in [5.41, 5.74) is 4.50. The Hall–Kier alpha value is -3.72. The smallest absolute Gasteiger partial charge is 0.335 e. The molecule has 0 fully saturated rings. The second kappa shape index (κ2) is 12.4. The third-order valence-electron chi connectivity index (χ3n) is 7.90. The number of hydrogen-bond acceptors (Lipinski definition) is 5. The molecule has 1 atom stereocenters. The summed E-state index contributed by atoms with van der Waals surface area (Å²) in [5, 5.41) is 13.8. The van der Waals surface area contributed by atoms with E-state index in [9.17, 15) is 14.7 Å². The number of rotatable bonds is 11. The lowest BCUT2D eigenvalue weighted by atomic mass is 10.0. The first kappa shape index (κ1) is 30.2. The second-order valence-electron chi connectivity index (χ2n) is 12.0. The molecular formula is C33H40N2O5Si. The molecule has 4 aromatic rings. The van der Waals surface area contributed by atoms with Gasteiger partial charge in [-0.1, -0.05) is 69.3 Å². The van der Waals surface area contributed by atoms with Gasteiger partial charge in [0.05, 0.1) is 17.2 Å². The van der Waals surface area contributed by atoms with Gasteiger partial charge in [0, 0.05) is 24.5 Å². The highest BCUT2D eigenvalue weighted by Crippen LogP contribution is 2.41. The number of ether oxygens (including phenoxy) is 1. The summed E-state index contributed by atoms with van der Waals surface area (Å²) in [6, 6.07) is 22.6. The Balaban J connectivity index is 1.65. The van der Waals surface area contributed by atoms with Crippen molar-refractivity contribution in [3.05, 3.63) is 111 Å². The average molecular weight is 573 g/mol. The van der Waals surface area contributed by atoms with Gasteiger partial charge < -0.3 is 24.6 Å². The Kier molecular flexibility index (Phi) is 9.16. The van der Waals surface area contributed by atoms with Gasteiger partial charge >= 0.3 is 5.97 Å². The number of carboxylic acid groups (broad SMARTS) is 1. The number of carbonyl (C=O) groups is 1. The molecule has 0 aliphatic rings. The monoisotopic (exact) mass is 572 g/mol. The number of benzene rings is 3. The van der Waals surface area contributed by atoms with Crippen molar-refractivity contribution in [1.82, 2.24) is 10.3 Å². The van der Waals surface area contributed by atoms with Crippen LogP contribution in [0.2, 0.25) is 18.1 Å². The van der Waals surface area contributed by atoms with Gasteiger partial charge in [-0.25, -0.2) is 4.79 Å². The molecule has 216 valence electrons. The molecule has 0 amide bonds. The maximum absolute atomic E-state index is 12.4. The summed E-state index contributed by atoms with van der Waals surface area (Å²) in [6.07, 6.45) is -0.285. The molecule has 3 aromatic carbocycles. The Morgan fingerprint density at radius 2 is 1.73 bits per heavy atom. The summed E-state index contributed by atoms with van der Waals surface area (Å²) in [6.45, 7) is 14.4. The van der Waals surface area contributed by atoms with Gasteiger partial charge in [-0.2, -0.15) is 0 Å².